The molecule has 3 N–H and O–H groups in total. The highest BCUT2D eigenvalue weighted by atomic mass is 19.1. The minimum Gasteiger partial charge on any atom is -0.478 e. The summed E-state index contributed by atoms with van der Waals surface area (Å²) in [6.07, 6.45) is 0. The van der Waals surface area contributed by atoms with Gasteiger partial charge in [0.1, 0.15) is 11.6 Å². The lowest BCUT2D eigenvalue weighted by Crippen LogP contribution is -2.04. The topological polar surface area (TPSA) is 87.1 Å². The Bertz CT molecular complexity index is 409. The predicted molar refractivity (Wildman–Crippen MR) is 42.5 cm³/mol. The van der Waals surface area contributed by atoms with Gasteiger partial charge >= 0.3 is 5.97 Å². The molecule has 0 radical (unpaired) electrons. The van der Waals surface area contributed by atoms with E-state index in [9.17, 15) is 9.18 Å². The van der Waals surface area contributed by atoms with Crippen molar-refractivity contribution in [3.63, 3.8) is 0 Å². The molecule has 0 fully saturated rings. The Morgan fingerprint density at radius 2 is 2.23 bits per heavy atom. The lowest BCUT2D eigenvalue weighted by Gasteiger charge is -2.01. The van der Waals surface area contributed by atoms with Crippen LogP contribution in [0.4, 0.5) is 10.1 Å². The molecule has 1 aromatic carbocycles. The summed E-state index contributed by atoms with van der Waals surface area (Å²) in [5.41, 5.74) is 4.20. The van der Waals surface area contributed by atoms with Crippen molar-refractivity contribution in [2.45, 2.75) is 0 Å². The highest BCUT2D eigenvalue weighted by Crippen LogP contribution is 2.18. The summed E-state index contributed by atoms with van der Waals surface area (Å²) in [7, 11) is 0. The molecule has 0 saturated heterocycles. The molecular formula is C8H5FN2O2. The van der Waals surface area contributed by atoms with Gasteiger partial charge in [-0.1, -0.05) is 0 Å². The summed E-state index contributed by atoms with van der Waals surface area (Å²) in [6.45, 7) is 0. The molecule has 0 spiro atoms. The molecule has 0 aromatic heterocycles. The molecule has 0 aliphatic heterocycles. The molecule has 4 nitrogen and oxygen atoms in total. The Morgan fingerprint density at radius 1 is 1.62 bits per heavy atom. The van der Waals surface area contributed by atoms with E-state index in [0.717, 1.165) is 6.07 Å². The number of carboxylic acids is 1. The van der Waals surface area contributed by atoms with Crippen LogP contribution < -0.4 is 5.73 Å². The molecule has 1 aromatic rings. The third-order valence-electron chi connectivity index (χ3n) is 1.52. The maximum atomic E-state index is 13.1. The molecule has 5 heteroatoms. The summed E-state index contributed by atoms with van der Waals surface area (Å²) >= 11 is 0. The fourth-order valence-corrected chi connectivity index (χ4v) is 0.870. The van der Waals surface area contributed by atoms with Crippen LogP contribution in [0.1, 0.15) is 15.9 Å². The Kier molecular flexibility index (Phi) is 2.15. The van der Waals surface area contributed by atoms with Crippen LogP contribution in [0.2, 0.25) is 0 Å². The van der Waals surface area contributed by atoms with Crippen LogP contribution in [0, 0.1) is 17.1 Å². The second-order valence-electron chi connectivity index (χ2n) is 2.31. The summed E-state index contributed by atoms with van der Waals surface area (Å²) in [5, 5.41) is 16.9. The molecule has 13 heavy (non-hydrogen) atoms. The third kappa shape index (κ3) is 1.42. The first kappa shape index (κ1) is 9.00. The summed E-state index contributed by atoms with van der Waals surface area (Å²) in [4.78, 5) is 10.4. The molecule has 0 aliphatic rings. The van der Waals surface area contributed by atoms with Gasteiger partial charge in [-0.05, 0) is 12.1 Å². The van der Waals surface area contributed by atoms with Gasteiger partial charge in [0.05, 0.1) is 11.3 Å². The number of carbonyl (C=O) groups is 1. The lowest BCUT2D eigenvalue weighted by molar-refractivity contribution is 0.0692. The normalized spacial score (nSPS) is 9.23. The number of nitrogens with two attached hydrogens (primary N) is 1. The molecule has 0 amide bonds. The zero-order chi connectivity index (χ0) is 10.0. The summed E-state index contributed by atoms with van der Waals surface area (Å²) in [6, 6.07) is 3.70. The lowest BCUT2D eigenvalue weighted by atomic mass is 10.1. The minimum atomic E-state index is -1.42. The van der Waals surface area contributed by atoms with Gasteiger partial charge in [-0.15, -0.1) is 0 Å². The summed E-state index contributed by atoms with van der Waals surface area (Å²) in [5.74, 6) is -2.51. The quantitative estimate of drug-likeness (QED) is 0.630. The van der Waals surface area contributed by atoms with Crippen LogP contribution in [-0.2, 0) is 0 Å². The second-order valence-corrected chi connectivity index (χ2v) is 2.31. The Labute approximate surface area is 73.0 Å². The third-order valence-corrected chi connectivity index (χ3v) is 1.52. The zero-order valence-corrected chi connectivity index (χ0v) is 6.41. The van der Waals surface area contributed by atoms with E-state index in [1.54, 1.807) is 0 Å². The number of benzene rings is 1. The first-order valence-corrected chi connectivity index (χ1v) is 3.29. The van der Waals surface area contributed by atoms with Crippen molar-refractivity contribution >= 4 is 11.7 Å². The van der Waals surface area contributed by atoms with Gasteiger partial charge < -0.3 is 10.8 Å². The van der Waals surface area contributed by atoms with E-state index < -0.39 is 22.9 Å². The molecule has 0 heterocycles. The van der Waals surface area contributed by atoms with Gasteiger partial charge in [0.15, 0.2) is 5.82 Å². The first-order chi connectivity index (χ1) is 6.07. The molecule has 0 aliphatic carbocycles. The van der Waals surface area contributed by atoms with Crippen LogP contribution in [-0.4, -0.2) is 11.1 Å². The van der Waals surface area contributed by atoms with Crippen molar-refractivity contribution in [2.75, 3.05) is 5.73 Å². The van der Waals surface area contributed by atoms with Crippen molar-refractivity contribution in [2.24, 2.45) is 0 Å². The minimum absolute atomic E-state index is 0.0648. The van der Waals surface area contributed by atoms with Crippen molar-refractivity contribution in [1.29, 1.82) is 5.26 Å². The van der Waals surface area contributed by atoms with E-state index in [1.807, 2.05) is 0 Å². The summed E-state index contributed by atoms with van der Waals surface area (Å²) < 4.78 is 13.1. The van der Waals surface area contributed by atoms with Crippen LogP contribution in [0.5, 0.6) is 0 Å². The second kappa shape index (κ2) is 3.11. The van der Waals surface area contributed by atoms with Gasteiger partial charge in [-0.2, -0.15) is 5.26 Å². The number of halogens is 1. The van der Waals surface area contributed by atoms with E-state index in [1.165, 1.54) is 12.1 Å². The standard InChI is InChI=1S/C8H5FN2O2/c9-7-4(8(12)13)1-2-6(11)5(7)3-10/h1-2H,11H2,(H,12,13). The molecule has 66 valence electrons. The van der Waals surface area contributed by atoms with E-state index in [-0.39, 0.29) is 5.69 Å². The van der Waals surface area contributed by atoms with Crippen LogP contribution in [0.3, 0.4) is 0 Å². The molecule has 0 bridgehead atoms. The number of rotatable bonds is 1. The smallest absolute Gasteiger partial charge is 0.338 e. The van der Waals surface area contributed by atoms with E-state index in [2.05, 4.69) is 0 Å². The molecule has 1 rings (SSSR count). The number of carboxylic acid groups (broad SMARTS) is 1. The van der Waals surface area contributed by atoms with Crippen molar-refractivity contribution in [3.05, 3.63) is 29.1 Å². The van der Waals surface area contributed by atoms with Crippen molar-refractivity contribution in [1.82, 2.24) is 0 Å². The van der Waals surface area contributed by atoms with Gasteiger partial charge in [0.2, 0.25) is 0 Å². The number of anilines is 1. The largest absolute Gasteiger partial charge is 0.478 e. The van der Waals surface area contributed by atoms with E-state index >= 15 is 0 Å². The fraction of sp³-hybridized carbons (Fsp3) is 0. The van der Waals surface area contributed by atoms with Crippen molar-refractivity contribution < 1.29 is 14.3 Å². The average molecular weight is 180 g/mol. The number of nitriles is 1. The number of aromatic carboxylic acids is 1. The molecule has 0 atom stereocenters. The number of hydrogen-bond acceptors (Lipinski definition) is 3. The van der Waals surface area contributed by atoms with Gasteiger partial charge in [-0.25, -0.2) is 9.18 Å². The van der Waals surface area contributed by atoms with Crippen LogP contribution in [0.25, 0.3) is 0 Å². The SMILES string of the molecule is N#Cc1c(N)ccc(C(=O)O)c1F. The molecular weight excluding hydrogens is 175 g/mol. The number of nitrogens with zero attached hydrogens (tertiary/aromatic N) is 1. The maximum absolute atomic E-state index is 13.1. The fourth-order valence-electron chi connectivity index (χ4n) is 0.870. The highest BCUT2D eigenvalue weighted by Gasteiger charge is 2.15. The maximum Gasteiger partial charge on any atom is 0.338 e. The van der Waals surface area contributed by atoms with Crippen molar-refractivity contribution in [3.8, 4) is 6.07 Å². The van der Waals surface area contributed by atoms with E-state index in [0.29, 0.717) is 0 Å². The average Bonchev–Trinajstić information content (AvgIpc) is 2.04. The molecule has 0 saturated carbocycles. The number of nitrogen functional groups attached to an aromatic ring is 1. The van der Waals surface area contributed by atoms with E-state index in [4.69, 9.17) is 16.1 Å². The molecule has 0 unspecified atom stereocenters. The zero-order valence-electron chi connectivity index (χ0n) is 6.41. The van der Waals surface area contributed by atoms with Gasteiger partial charge in [0.25, 0.3) is 0 Å². The van der Waals surface area contributed by atoms with Crippen LogP contribution >= 0.6 is 0 Å². The monoisotopic (exact) mass is 180 g/mol. The van der Waals surface area contributed by atoms with Gasteiger partial charge in [-0.3, -0.25) is 0 Å². The Morgan fingerprint density at radius 3 is 2.69 bits per heavy atom. The van der Waals surface area contributed by atoms with Crippen LogP contribution in [0.15, 0.2) is 12.1 Å². The predicted octanol–water partition coefficient (Wildman–Crippen LogP) is 0.978. The Hall–Kier alpha value is -2.09. The highest BCUT2D eigenvalue weighted by molar-refractivity contribution is 5.89. The first-order valence-electron chi connectivity index (χ1n) is 3.29. The Balaban J connectivity index is 3.47. The number of hydrogen-bond donors (Lipinski definition) is 2. The van der Waals surface area contributed by atoms with Gasteiger partial charge in [0, 0.05) is 0 Å².